The van der Waals surface area contributed by atoms with Crippen LogP contribution in [0.25, 0.3) is 0 Å². The molecule has 1 aromatic heterocycles. The van der Waals surface area contributed by atoms with E-state index < -0.39 is 0 Å². The van der Waals surface area contributed by atoms with Crippen LogP contribution < -0.4 is 10.2 Å². The molecule has 1 aliphatic heterocycles. The van der Waals surface area contributed by atoms with E-state index in [1.165, 1.54) is 0 Å². The lowest BCUT2D eigenvalue weighted by molar-refractivity contribution is -0.0753. The molecule has 6 heteroatoms. The lowest BCUT2D eigenvalue weighted by Crippen LogP contribution is -2.52. The van der Waals surface area contributed by atoms with Crippen LogP contribution in [0.1, 0.15) is 26.3 Å². The third-order valence-electron chi connectivity index (χ3n) is 3.36. The second-order valence-electron chi connectivity index (χ2n) is 6.13. The average molecular weight is 294 g/mol. The Hall–Kier alpha value is -1.24. The van der Waals surface area contributed by atoms with Crippen molar-refractivity contribution in [2.45, 2.75) is 39.0 Å². The number of hydrogen-bond donors (Lipinski definition) is 1. The van der Waals surface area contributed by atoms with Crippen molar-refractivity contribution >= 4 is 5.95 Å². The number of anilines is 1. The second kappa shape index (κ2) is 7.15. The van der Waals surface area contributed by atoms with E-state index >= 15 is 0 Å². The number of hydrogen-bond acceptors (Lipinski definition) is 6. The Morgan fingerprint density at radius 1 is 1.43 bits per heavy atom. The van der Waals surface area contributed by atoms with E-state index in [1.807, 2.05) is 12.4 Å². The normalized spacial score (nSPS) is 21.5. The number of morpholine rings is 1. The van der Waals surface area contributed by atoms with Crippen molar-refractivity contribution in [3.63, 3.8) is 0 Å². The molecule has 0 aromatic carbocycles. The SMILES string of the molecule is COCCNCc1cnc(N2CC(C)OC(C)(C)C2)nc1. The molecule has 0 spiro atoms. The number of nitrogens with zero attached hydrogens (tertiary/aromatic N) is 3. The molecule has 0 aliphatic carbocycles. The maximum absolute atomic E-state index is 5.91. The minimum Gasteiger partial charge on any atom is -0.383 e. The van der Waals surface area contributed by atoms with Crippen LogP contribution in [0, 0.1) is 0 Å². The van der Waals surface area contributed by atoms with Gasteiger partial charge in [-0.15, -0.1) is 0 Å². The highest BCUT2D eigenvalue weighted by atomic mass is 16.5. The summed E-state index contributed by atoms with van der Waals surface area (Å²) in [7, 11) is 1.70. The summed E-state index contributed by atoms with van der Waals surface area (Å²) in [5.41, 5.74) is 0.914. The van der Waals surface area contributed by atoms with Gasteiger partial charge in [0.15, 0.2) is 0 Å². The smallest absolute Gasteiger partial charge is 0.225 e. The lowest BCUT2D eigenvalue weighted by Gasteiger charge is -2.41. The summed E-state index contributed by atoms with van der Waals surface area (Å²) in [5.74, 6) is 0.777. The number of aromatic nitrogens is 2. The Kier molecular flexibility index (Phi) is 5.50. The highest BCUT2D eigenvalue weighted by Crippen LogP contribution is 2.23. The van der Waals surface area contributed by atoms with Crippen molar-refractivity contribution in [2.24, 2.45) is 0 Å². The largest absolute Gasteiger partial charge is 0.383 e. The van der Waals surface area contributed by atoms with Crippen LogP contribution in [0.3, 0.4) is 0 Å². The molecule has 0 amide bonds. The maximum atomic E-state index is 5.91. The van der Waals surface area contributed by atoms with Crippen molar-refractivity contribution in [3.8, 4) is 0 Å². The van der Waals surface area contributed by atoms with Gasteiger partial charge < -0.3 is 19.7 Å². The van der Waals surface area contributed by atoms with E-state index in [0.717, 1.165) is 37.7 Å². The summed E-state index contributed by atoms with van der Waals surface area (Å²) in [4.78, 5) is 11.2. The average Bonchev–Trinajstić information content (AvgIpc) is 2.42. The molecule has 2 rings (SSSR count). The van der Waals surface area contributed by atoms with Crippen molar-refractivity contribution in [1.29, 1.82) is 0 Å². The van der Waals surface area contributed by atoms with E-state index in [0.29, 0.717) is 6.61 Å². The van der Waals surface area contributed by atoms with E-state index in [9.17, 15) is 0 Å². The topological polar surface area (TPSA) is 59.5 Å². The van der Waals surface area contributed by atoms with Gasteiger partial charge >= 0.3 is 0 Å². The van der Waals surface area contributed by atoms with Gasteiger partial charge in [0.25, 0.3) is 0 Å². The molecule has 1 unspecified atom stereocenters. The Bertz CT molecular complexity index is 436. The third-order valence-corrected chi connectivity index (χ3v) is 3.36. The summed E-state index contributed by atoms with van der Waals surface area (Å²) < 4.78 is 10.9. The predicted octanol–water partition coefficient (Wildman–Crippen LogP) is 1.22. The van der Waals surface area contributed by atoms with Gasteiger partial charge in [0.2, 0.25) is 5.95 Å². The van der Waals surface area contributed by atoms with Gasteiger partial charge in [0, 0.05) is 51.2 Å². The molecule has 1 saturated heterocycles. The molecule has 0 radical (unpaired) electrons. The van der Waals surface area contributed by atoms with Crippen LogP contribution >= 0.6 is 0 Å². The number of methoxy groups -OCH3 is 1. The summed E-state index contributed by atoms with van der Waals surface area (Å²) in [6.07, 6.45) is 3.96. The summed E-state index contributed by atoms with van der Waals surface area (Å²) in [5, 5.41) is 3.28. The fourth-order valence-corrected chi connectivity index (χ4v) is 2.62. The molecule has 0 bridgehead atoms. The number of ether oxygens (including phenoxy) is 2. The highest BCUT2D eigenvalue weighted by Gasteiger charge is 2.32. The molecule has 1 aromatic rings. The third kappa shape index (κ3) is 4.91. The molecule has 118 valence electrons. The zero-order chi connectivity index (χ0) is 15.3. The van der Waals surface area contributed by atoms with Gasteiger partial charge in [-0.3, -0.25) is 0 Å². The molecule has 1 aliphatic rings. The Morgan fingerprint density at radius 2 is 2.14 bits per heavy atom. The zero-order valence-corrected chi connectivity index (χ0v) is 13.4. The van der Waals surface area contributed by atoms with Crippen LogP contribution in [0.5, 0.6) is 0 Å². The Morgan fingerprint density at radius 3 is 2.76 bits per heavy atom. The van der Waals surface area contributed by atoms with E-state index in [4.69, 9.17) is 9.47 Å². The lowest BCUT2D eigenvalue weighted by atomic mass is 10.1. The first-order valence-electron chi connectivity index (χ1n) is 7.43. The number of rotatable bonds is 6. The monoisotopic (exact) mass is 294 g/mol. The first-order chi connectivity index (χ1) is 10.00. The molecular formula is C15H26N4O2. The van der Waals surface area contributed by atoms with Gasteiger partial charge in [0.05, 0.1) is 18.3 Å². The van der Waals surface area contributed by atoms with Gasteiger partial charge in [0.1, 0.15) is 0 Å². The van der Waals surface area contributed by atoms with Crippen molar-refractivity contribution in [2.75, 3.05) is 38.3 Å². The fraction of sp³-hybridized carbons (Fsp3) is 0.733. The van der Waals surface area contributed by atoms with Crippen molar-refractivity contribution in [1.82, 2.24) is 15.3 Å². The van der Waals surface area contributed by atoms with Crippen molar-refractivity contribution < 1.29 is 9.47 Å². The van der Waals surface area contributed by atoms with Crippen LogP contribution in [0.15, 0.2) is 12.4 Å². The van der Waals surface area contributed by atoms with Gasteiger partial charge in [-0.1, -0.05) is 0 Å². The van der Waals surface area contributed by atoms with Crippen LogP contribution in [-0.4, -0.2) is 55.0 Å². The van der Waals surface area contributed by atoms with Gasteiger partial charge in [-0.2, -0.15) is 0 Å². The van der Waals surface area contributed by atoms with Gasteiger partial charge in [-0.25, -0.2) is 9.97 Å². The van der Waals surface area contributed by atoms with Crippen LogP contribution in [0.2, 0.25) is 0 Å². The fourth-order valence-electron chi connectivity index (χ4n) is 2.62. The highest BCUT2D eigenvalue weighted by molar-refractivity contribution is 5.32. The van der Waals surface area contributed by atoms with Gasteiger partial charge in [-0.05, 0) is 20.8 Å². The molecule has 0 saturated carbocycles. The second-order valence-corrected chi connectivity index (χ2v) is 6.13. The minimum absolute atomic E-state index is 0.165. The minimum atomic E-state index is -0.165. The molecular weight excluding hydrogens is 268 g/mol. The summed E-state index contributed by atoms with van der Waals surface area (Å²) in [6, 6.07) is 0. The van der Waals surface area contributed by atoms with Crippen LogP contribution in [0.4, 0.5) is 5.95 Å². The van der Waals surface area contributed by atoms with E-state index in [2.05, 4.69) is 41.0 Å². The van der Waals surface area contributed by atoms with Crippen molar-refractivity contribution in [3.05, 3.63) is 18.0 Å². The Balaban J connectivity index is 1.92. The first-order valence-corrected chi connectivity index (χ1v) is 7.43. The molecule has 2 heterocycles. The molecule has 1 N–H and O–H groups in total. The zero-order valence-electron chi connectivity index (χ0n) is 13.4. The predicted molar refractivity (Wildman–Crippen MR) is 82.5 cm³/mol. The molecule has 21 heavy (non-hydrogen) atoms. The first kappa shape index (κ1) is 16.1. The molecule has 6 nitrogen and oxygen atoms in total. The number of nitrogens with one attached hydrogen (secondary N) is 1. The summed E-state index contributed by atoms with van der Waals surface area (Å²) in [6.45, 7) is 10.2. The molecule has 1 fully saturated rings. The molecule has 1 atom stereocenters. The maximum Gasteiger partial charge on any atom is 0.225 e. The Labute approximate surface area is 126 Å². The van der Waals surface area contributed by atoms with Crippen LogP contribution in [-0.2, 0) is 16.0 Å². The summed E-state index contributed by atoms with van der Waals surface area (Å²) >= 11 is 0. The van der Waals surface area contributed by atoms with E-state index in [1.54, 1.807) is 7.11 Å². The standard InChI is InChI=1S/C15H26N4O2/c1-12-10-19(11-15(2,3)21-12)14-17-8-13(9-18-14)7-16-5-6-20-4/h8-9,12,16H,5-7,10-11H2,1-4H3. The quantitative estimate of drug-likeness (QED) is 0.796. The van der Waals surface area contributed by atoms with E-state index in [-0.39, 0.29) is 11.7 Å².